The molecule has 1 radical (unpaired) electrons. The molecule has 0 aromatic rings. The molecule has 7 N–H and O–H groups in total. The van der Waals surface area contributed by atoms with E-state index in [2.05, 4.69) is 0 Å². The molecule has 1 saturated heterocycles. The van der Waals surface area contributed by atoms with Crippen molar-refractivity contribution >= 4 is 5.97 Å². The Morgan fingerprint density at radius 3 is 2.37 bits per heavy atom. The van der Waals surface area contributed by atoms with Crippen LogP contribution in [0.1, 0.15) is 12.8 Å². The van der Waals surface area contributed by atoms with Crippen molar-refractivity contribution in [3.05, 3.63) is 5.73 Å². The van der Waals surface area contributed by atoms with Crippen LogP contribution < -0.4 is 5.73 Å². The Kier molecular flexibility index (Phi) is 9.16. The van der Waals surface area contributed by atoms with E-state index in [1.54, 1.807) is 0 Å². The second kappa shape index (κ2) is 8.85. The summed E-state index contributed by atoms with van der Waals surface area (Å²) in [4.78, 5) is 10.5. The summed E-state index contributed by atoms with van der Waals surface area (Å²) < 4.78 is 5.26. The SMILES string of the molecule is [Ac].[NH-]C1C(O)C(O)C(CO)O[C@@H]1CCC(N)C(=O)O. The Morgan fingerprint density at radius 2 is 1.89 bits per heavy atom. The van der Waals surface area contributed by atoms with Crippen LogP contribution in [-0.2, 0) is 9.53 Å². The molecule has 0 aromatic heterocycles. The number of aliphatic hydroxyl groups excluding tert-OH is 3. The van der Waals surface area contributed by atoms with Gasteiger partial charge in [0.05, 0.1) is 12.7 Å². The molecule has 1 heterocycles. The maximum Gasteiger partial charge on any atom is 0.320 e. The summed E-state index contributed by atoms with van der Waals surface area (Å²) >= 11 is 0. The Bertz CT molecular complexity index is 293. The molecule has 0 spiro atoms. The van der Waals surface area contributed by atoms with Crippen LogP contribution in [0.2, 0.25) is 0 Å². The van der Waals surface area contributed by atoms with E-state index >= 15 is 0 Å². The van der Waals surface area contributed by atoms with Gasteiger partial charge in [0.1, 0.15) is 18.2 Å². The van der Waals surface area contributed by atoms with E-state index < -0.39 is 49.1 Å². The summed E-state index contributed by atoms with van der Waals surface area (Å²) in [5.74, 6) is -1.15. The smallest absolute Gasteiger partial charge is 0.320 e. The number of hydrogen-bond donors (Lipinski definition) is 5. The van der Waals surface area contributed by atoms with Gasteiger partial charge in [0.15, 0.2) is 0 Å². The van der Waals surface area contributed by atoms with E-state index in [0.717, 1.165) is 0 Å². The van der Waals surface area contributed by atoms with Gasteiger partial charge in [-0.25, -0.2) is 0 Å². The van der Waals surface area contributed by atoms with Gasteiger partial charge in [0.2, 0.25) is 0 Å². The van der Waals surface area contributed by atoms with Gasteiger partial charge in [0, 0.05) is 50.2 Å². The number of hydrogen-bond acceptors (Lipinski definition) is 6. The monoisotopic (exact) mass is 490 g/mol. The number of rotatable bonds is 5. The first-order valence-electron chi connectivity index (χ1n) is 5.70. The molecule has 1 fully saturated rings. The summed E-state index contributed by atoms with van der Waals surface area (Å²) in [6.07, 6.45) is -4.11. The predicted octanol–water partition coefficient (Wildman–Crippen LogP) is -1.92. The zero-order valence-corrected chi connectivity index (χ0v) is 15.1. The first-order chi connectivity index (χ1) is 8.38. The molecule has 0 amide bonds. The van der Waals surface area contributed by atoms with Gasteiger partial charge in [-0.2, -0.15) is 0 Å². The van der Waals surface area contributed by atoms with Gasteiger partial charge in [-0.3, -0.25) is 4.79 Å². The number of nitrogens with one attached hydrogen (secondary N) is 1. The number of carboxylic acid groups (broad SMARTS) is 1. The van der Waals surface area contributed by atoms with Crippen LogP contribution in [0, 0.1) is 44.1 Å². The summed E-state index contributed by atoms with van der Waals surface area (Å²) in [6, 6.07) is -2.15. The van der Waals surface area contributed by atoms with Crippen LogP contribution in [0.15, 0.2) is 0 Å². The van der Waals surface area contributed by atoms with Crippen molar-refractivity contribution in [2.45, 2.75) is 49.3 Å². The van der Waals surface area contributed by atoms with Gasteiger partial charge in [-0.05, 0) is 12.8 Å². The fourth-order valence-corrected chi connectivity index (χ4v) is 1.91. The Morgan fingerprint density at radius 1 is 1.32 bits per heavy atom. The first-order valence-corrected chi connectivity index (χ1v) is 5.70. The van der Waals surface area contributed by atoms with Gasteiger partial charge in [-0.15, -0.1) is 0 Å². The summed E-state index contributed by atoms with van der Waals surface area (Å²) in [6.45, 7) is -0.480. The second-order valence-corrected chi connectivity index (χ2v) is 4.42. The molecule has 109 valence electrons. The quantitative estimate of drug-likeness (QED) is 0.301. The zero-order chi connectivity index (χ0) is 13.9. The molecule has 6 atom stereocenters. The maximum absolute atomic E-state index is 10.5. The van der Waals surface area contributed by atoms with Crippen molar-refractivity contribution in [3.63, 3.8) is 0 Å². The number of nitrogens with two attached hydrogens (primary N) is 1. The molecular weight excluding hydrogens is 471 g/mol. The van der Waals surface area contributed by atoms with E-state index in [-0.39, 0.29) is 56.9 Å². The number of carbonyl (C=O) groups is 1. The molecule has 19 heavy (non-hydrogen) atoms. The van der Waals surface area contributed by atoms with Crippen LogP contribution in [0.3, 0.4) is 0 Å². The molecule has 1 aliphatic heterocycles. The molecule has 0 aromatic carbocycles. The van der Waals surface area contributed by atoms with E-state index in [1.807, 2.05) is 0 Å². The molecule has 5 unspecified atom stereocenters. The van der Waals surface area contributed by atoms with E-state index in [4.69, 9.17) is 26.4 Å². The van der Waals surface area contributed by atoms with E-state index in [0.29, 0.717) is 0 Å². The third-order valence-electron chi connectivity index (χ3n) is 3.11. The van der Waals surface area contributed by atoms with Crippen molar-refractivity contribution in [3.8, 4) is 0 Å². The van der Waals surface area contributed by atoms with Crippen LogP contribution in [-0.4, -0.2) is 69.5 Å². The summed E-state index contributed by atoms with van der Waals surface area (Å²) in [7, 11) is 0. The fraction of sp³-hybridized carbons (Fsp3) is 0.900. The minimum atomic E-state index is -1.33. The van der Waals surface area contributed by atoms with Gasteiger partial charge < -0.3 is 36.6 Å². The average molecular weight is 490 g/mol. The largest absolute Gasteiger partial charge is 0.670 e. The molecule has 0 aliphatic carbocycles. The standard InChI is InChI=1S/C10H19N2O6.Ac/c11-4(10(16)17)1-2-5-7(12)9(15)8(14)6(3-13)18-5;/h4-9,12-15H,1-3,11H2,(H,16,17);/q-1;/t4?,5-,6?,7?,8?,9?;/m1./s1. The number of aliphatic hydroxyl groups is 3. The second-order valence-electron chi connectivity index (χ2n) is 4.42. The van der Waals surface area contributed by atoms with Crippen LogP contribution in [0.5, 0.6) is 0 Å². The topological polar surface area (TPSA) is 157 Å². The predicted molar refractivity (Wildman–Crippen MR) is 60.7 cm³/mol. The molecule has 8 nitrogen and oxygen atoms in total. The van der Waals surface area contributed by atoms with Gasteiger partial charge in [0.25, 0.3) is 0 Å². The number of ether oxygens (including phenoxy) is 1. The van der Waals surface area contributed by atoms with Crippen molar-refractivity contribution in [1.29, 1.82) is 0 Å². The molecule has 9 heteroatoms. The van der Waals surface area contributed by atoms with E-state index in [9.17, 15) is 15.0 Å². The number of carboxylic acids is 1. The summed E-state index contributed by atoms with van der Waals surface area (Å²) in [5.41, 5.74) is 13.0. The normalized spacial score (nSPS) is 36.4. The van der Waals surface area contributed by atoms with Crippen molar-refractivity contribution in [2.24, 2.45) is 5.73 Å². The van der Waals surface area contributed by atoms with Crippen LogP contribution in [0.25, 0.3) is 5.73 Å². The van der Waals surface area contributed by atoms with Crippen molar-refractivity contribution < 1.29 is 74.0 Å². The molecule has 0 bridgehead atoms. The molecule has 0 saturated carbocycles. The minimum Gasteiger partial charge on any atom is -0.670 e. The number of aliphatic carboxylic acids is 1. The zero-order valence-electron chi connectivity index (χ0n) is 10.3. The minimum absolute atomic E-state index is 0. The Hall–Kier alpha value is 0.672. The maximum atomic E-state index is 10.5. The van der Waals surface area contributed by atoms with Crippen molar-refractivity contribution in [1.82, 2.24) is 0 Å². The van der Waals surface area contributed by atoms with Gasteiger partial charge >= 0.3 is 5.97 Å². The third kappa shape index (κ3) is 5.17. The van der Waals surface area contributed by atoms with Crippen LogP contribution in [0.4, 0.5) is 0 Å². The average Bonchev–Trinajstić information content (AvgIpc) is 2.34. The Balaban J connectivity index is 0.00000324. The van der Waals surface area contributed by atoms with Crippen LogP contribution >= 0.6 is 0 Å². The molecule has 1 aliphatic rings. The summed E-state index contributed by atoms with van der Waals surface area (Å²) in [5, 5.41) is 36.7. The van der Waals surface area contributed by atoms with Gasteiger partial charge in [-0.1, -0.05) is 6.04 Å². The fourth-order valence-electron chi connectivity index (χ4n) is 1.91. The molecular formula is C10H19AcN2O6-. The van der Waals surface area contributed by atoms with Crippen molar-refractivity contribution in [2.75, 3.05) is 6.61 Å². The Labute approximate surface area is 146 Å². The third-order valence-corrected chi connectivity index (χ3v) is 3.11. The van der Waals surface area contributed by atoms with E-state index in [1.165, 1.54) is 0 Å². The molecule has 1 rings (SSSR count). The first kappa shape index (κ1) is 19.7.